The zero-order chi connectivity index (χ0) is 12.1. The van der Waals surface area contributed by atoms with Gasteiger partial charge in [-0.3, -0.25) is 0 Å². The smallest absolute Gasteiger partial charge is 0.336 e. The van der Waals surface area contributed by atoms with E-state index in [2.05, 4.69) is 4.74 Å². The Balaban J connectivity index is 2.73. The van der Waals surface area contributed by atoms with E-state index in [1.54, 1.807) is 6.92 Å². The predicted octanol–water partition coefficient (Wildman–Crippen LogP) is 0.749. The van der Waals surface area contributed by atoms with Gasteiger partial charge < -0.3 is 15.6 Å². The monoisotopic (exact) mass is 227 g/mol. The normalized spacial score (nSPS) is 14.2. The molecule has 0 heterocycles. The van der Waals surface area contributed by atoms with Crippen LogP contribution in [0.25, 0.3) is 0 Å². The first kappa shape index (κ1) is 12.6. The Labute approximate surface area is 92.8 Å². The number of ether oxygens (including phenoxy) is 1. The summed E-state index contributed by atoms with van der Waals surface area (Å²) in [5.41, 5.74) is 6.12. The van der Waals surface area contributed by atoms with Gasteiger partial charge in [0.25, 0.3) is 0 Å². The van der Waals surface area contributed by atoms with Gasteiger partial charge in [-0.25, -0.2) is 9.18 Å². The van der Waals surface area contributed by atoms with E-state index in [9.17, 15) is 14.3 Å². The van der Waals surface area contributed by atoms with Crippen LogP contribution >= 0.6 is 0 Å². The summed E-state index contributed by atoms with van der Waals surface area (Å²) in [6.07, 6.45) is -1.44. The molecule has 1 aromatic rings. The van der Waals surface area contributed by atoms with Crippen LogP contribution in [0.1, 0.15) is 18.5 Å². The molecule has 0 aliphatic carbocycles. The molecule has 0 amide bonds. The quantitative estimate of drug-likeness (QED) is 0.744. The van der Waals surface area contributed by atoms with E-state index in [0.717, 1.165) is 0 Å². The molecule has 4 nitrogen and oxygen atoms in total. The van der Waals surface area contributed by atoms with Gasteiger partial charge in [0.1, 0.15) is 5.82 Å². The minimum Gasteiger partial charge on any atom is -0.464 e. The topological polar surface area (TPSA) is 72.5 Å². The van der Waals surface area contributed by atoms with Crippen molar-refractivity contribution in [2.24, 2.45) is 5.73 Å². The van der Waals surface area contributed by atoms with Crippen molar-refractivity contribution in [1.82, 2.24) is 0 Å². The van der Waals surface area contributed by atoms with Gasteiger partial charge in [-0.2, -0.15) is 0 Å². The molecule has 0 aromatic heterocycles. The predicted molar refractivity (Wildman–Crippen MR) is 56.0 cm³/mol. The Bertz CT molecular complexity index is 353. The summed E-state index contributed by atoms with van der Waals surface area (Å²) in [6.45, 7) is 1.81. The summed E-state index contributed by atoms with van der Waals surface area (Å²) in [7, 11) is 0. The van der Waals surface area contributed by atoms with Gasteiger partial charge in [0.15, 0.2) is 6.10 Å². The first-order chi connectivity index (χ1) is 7.56. The lowest BCUT2D eigenvalue weighted by Crippen LogP contribution is -2.34. The van der Waals surface area contributed by atoms with Crippen molar-refractivity contribution in [3.8, 4) is 0 Å². The minimum atomic E-state index is -1.44. The Hall–Kier alpha value is -1.46. The Morgan fingerprint density at radius 1 is 1.50 bits per heavy atom. The number of aliphatic hydroxyl groups excluding tert-OH is 1. The SMILES string of the molecule is CCOC(=O)[C@H](O)[C@@H](N)c1ccc(F)cc1. The zero-order valence-electron chi connectivity index (χ0n) is 8.89. The first-order valence-corrected chi connectivity index (χ1v) is 4.92. The standard InChI is InChI=1S/C11H14FNO3/c1-2-16-11(15)10(14)9(13)7-3-5-8(12)6-4-7/h3-6,9-10,14H,2,13H2,1H3/t9-,10+/m0/s1. The molecular formula is C11H14FNO3. The average Bonchev–Trinajstić information content (AvgIpc) is 2.28. The van der Waals surface area contributed by atoms with Gasteiger partial charge in [0.2, 0.25) is 0 Å². The summed E-state index contributed by atoms with van der Waals surface area (Å²) in [5.74, 6) is -1.18. The first-order valence-electron chi connectivity index (χ1n) is 4.92. The largest absolute Gasteiger partial charge is 0.464 e. The number of nitrogens with two attached hydrogens (primary N) is 1. The van der Waals surface area contributed by atoms with Crippen molar-refractivity contribution in [2.45, 2.75) is 19.1 Å². The highest BCUT2D eigenvalue weighted by atomic mass is 19.1. The van der Waals surface area contributed by atoms with Crippen molar-refractivity contribution in [1.29, 1.82) is 0 Å². The fourth-order valence-corrected chi connectivity index (χ4v) is 1.24. The molecule has 16 heavy (non-hydrogen) atoms. The van der Waals surface area contributed by atoms with E-state index in [1.807, 2.05) is 0 Å². The maximum atomic E-state index is 12.6. The molecule has 0 saturated carbocycles. The van der Waals surface area contributed by atoms with Gasteiger partial charge in [0.05, 0.1) is 12.6 Å². The van der Waals surface area contributed by atoms with E-state index in [4.69, 9.17) is 5.73 Å². The number of hydrogen-bond donors (Lipinski definition) is 2. The van der Waals surface area contributed by atoms with Crippen molar-refractivity contribution in [2.75, 3.05) is 6.61 Å². The summed E-state index contributed by atoms with van der Waals surface area (Å²) in [5, 5.41) is 9.55. The second kappa shape index (κ2) is 5.58. The fourth-order valence-electron chi connectivity index (χ4n) is 1.24. The van der Waals surface area contributed by atoms with Gasteiger partial charge in [-0.15, -0.1) is 0 Å². The minimum absolute atomic E-state index is 0.173. The molecule has 0 saturated heterocycles. The Kier molecular flexibility index (Phi) is 4.39. The molecule has 88 valence electrons. The number of hydrogen-bond acceptors (Lipinski definition) is 4. The maximum Gasteiger partial charge on any atom is 0.336 e. The molecule has 0 fully saturated rings. The van der Waals surface area contributed by atoms with Gasteiger partial charge in [-0.1, -0.05) is 12.1 Å². The van der Waals surface area contributed by atoms with Crippen LogP contribution in [0.15, 0.2) is 24.3 Å². The van der Waals surface area contributed by atoms with Crippen LogP contribution in [0.3, 0.4) is 0 Å². The number of carbonyl (C=O) groups excluding carboxylic acids is 1. The zero-order valence-corrected chi connectivity index (χ0v) is 8.89. The number of rotatable bonds is 4. The second-order valence-corrected chi connectivity index (χ2v) is 3.27. The molecular weight excluding hydrogens is 213 g/mol. The van der Waals surface area contributed by atoms with Gasteiger partial charge in [0, 0.05) is 0 Å². The van der Waals surface area contributed by atoms with Crippen molar-refractivity contribution >= 4 is 5.97 Å². The number of aliphatic hydroxyl groups is 1. The van der Waals surface area contributed by atoms with Gasteiger partial charge >= 0.3 is 5.97 Å². The molecule has 0 radical (unpaired) electrons. The van der Waals surface area contributed by atoms with E-state index in [1.165, 1.54) is 24.3 Å². The summed E-state index contributed by atoms with van der Waals surface area (Å²) < 4.78 is 17.3. The highest BCUT2D eigenvalue weighted by Crippen LogP contribution is 2.15. The third-order valence-electron chi connectivity index (χ3n) is 2.12. The number of carbonyl (C=O) groups is 1. The van der Waals surface area contributed by atoms with Crippen LogP contribution in [-0.4, -0.2) is 23.8 Å². The molecule has 0 aliphatic heterocycles. The summed E-state index contributed by atoms with van der Waals surface area (Å²) in [4.78, 5) is 11.2. The number of esters is 1. The lowest BCUT2D eigenvalue weighted by atomic mass is 10.0. The van der Waals surface area contributed by atoms with Crippen LogP contribution in [0.2, 0.25) is 0 Å². The second-order valence-electron chi connectivity index (χ2n) is 3.27. The summed E-state index contributed by atoms with van der Waals surface area (Å²) in [6, 6.07) is 4.35. The Morgan fingerprint density at radius 2 is 2.06 bits per heavy atom. The highest BCUT2D eigenvalue weighted by molar-refractivity contribution is 5.75. The lowest BCUT2D eigenvalue weighted by Gasteiger charge is -2.17. The van der Waals surface area contributed by atoms with Crippen LogP contribution < -0.4 is 5.73 Å². The molecule has 0 spiro atoms. The van der Waals surface area contributed by atoms with Crippen molar-refractivity contribution in [3.05, 3.63) is 35.6 Å². The molecule has 0 aliphatic rings. The molecule has 1 rings (SSSR count). The molecule has 3 N–H and O–H groups in total. The van der Waals surface area contributed by atoms with Gasteiger partial charge in [-0.05, 0) is 24.6 Å². The van der Waals surface area contributed by atoms with Crippen molar-refractivity contribution < 1.29 is 19.0 Å². The third kappa shape index (κ3) is 3.01. The van der Waals surface area contributed by atoms with Crippen LogP contribution in [0.5, 0.6) is 0 Å². The lowest BCUT2D eigenvalue weighted by molar-refractivity contribution is -0.154. The molecule has 2 atom stereocenters. The van der Waals surface area contributed by atoms with Crippen LogP contribution in [-0.2, 0) is 9.53 Å². The third-order valence-corrected chi connectivity index (χ3v) is 2.12. The Morgan fingerprint density at radius 3 is 2.56 bits per heavy atom. The number of halogens is 1. The molecule has 1 aromatic carbocycles. The van der Waals surface area contributed by atoms with E-state index < -0.39 is 23.9 Å². The summed E-state index contributed by atoms with van der Waals surface area (Å²) >= 11 is 0. The van der Waals surface area contributed by atoms with Crippen LogP contribution in [0.4, 0.5) is 4.39 Å². The fraction of sp³-hybridized carbons (Fsp3) is 0.364. The average molecular weight is 227 g/mol. The van der Waals surface area contributed by atoms with Crippen molar-refractivity contribution in [3.63, 3.8) is 0 Å². The maximum absolute atomic E-state index is 12.6. The number of benzene rings is 1. The molecule has 0 unspecified atom stereocenters. The molecule has 5 heteroatoms. The van der Waals surface area contributed by atoms with E-state index >= 15 is 0 Å². The van der Waals surface area contributed by atoms with E-state index in [-0.39, 0.29) is 6.61 Å². The van der Waals surface area contributed by atoms with Crippen LogP contribution in [0, 0.1) is 5.82 Å². The van der Waals surface area contributed by atoms with E-state index in [0.29, 0.717) is 5.56 Å². The highest BCUT2D eigenvalue weighted by Gasteiger charge is 2.25. The molecule has 0 bridgehead atoms.